The molecule has 0 spiro atoms. The zero-order chi connectivity index (χ0) is 31.7. The Bertz CT molecular complexity index is 1480. The van der Waals surface area contributed by atoms with Crippen molar-refractivity contribution in [1.29, 1.82) is 0 Å². The highest BCUT2D eigenvalue weighted by Gasteiger charge is 2.50. The van der Waals surface area contributed by atoms with Crippen LogP contribution in [0, 0.1) is 23.2 Å². The van der Waals surface area contributed by atoms with Gasteiger partial charge in [0.25, 0.3) is 5.91 Å². The molecule has 1 N–H and O–H groups in total. The van der Waals surface area contributed by atoms with Crippen molar-refractivity contribution in [2.45, 2.75) is 71.9 Å². The number of carbonyl (C=O) groups excluding carboxylic acids is 1. The average molecular weight is 624 g/mol. The number of nitrogens with zero attached hydrogens (tertiary/aromatic N) is 4. The van der Waals surface area contributed by atoms with Gasteiger partial charge >= 0.3 is 0 Å². The molecule has 5 aliphatic rings. The zero-order valence-electron chi connectivity index (χ0n) is 27.7. The zero-order valence-corrected chi connectivity index (χ0v) is 27.7. The number of amides is 1. The van der Waals surface area contributed by atoms with Gasteiger partial charge < -0.3 is 19.7 Å². The van der Waals surface area contributed by atoms with E-state index in [-0.39, 0.29) is 12.0 Å². The number of anilines is 1. The fraction of sp³-hybridized carbons (Fsp3) is 0.553. The van der Waals surface area contributed by atoms with E-state index in [4.69, 9.17) is 9.47 Å². The maximum Gasteiger partial charge on any atom is 0.271 e. The van der Waals surface area contributed by atoms with Crippen LogP contribution in [0.1, 0.15) is 75.3 Å². The van der Waals surface area contributed by atoms with Gasteiger partial charge in [-0.25, -0.2) is 0 Å². The van der Waals surface area contributed by atoms with Crippen LogP contribution in [0.2, 0.25) is 0 Å². The van der Waals surface area contributed by atoms with Gasteiger partial charge in [-0.2, -0.15) is 0 Å². The van der Waals surface area contributed by atoms with Gasteiger partial charge in [0, 0.05) is 39.3 Å². The minimum absolute atomic E-state index is 0.0905. The van der Waals surface area contributed by atoms with Gasteiger partial charge in [-0.3, -0.25) is 9.69 Å². The lowest BCUT2D eigenvalue weighted by atomic mass is 9.49. The molecular formula is C38H49N5O3. The van der Waals surface area contributed by atoms with Crippen LogP contribution in [-0.4, -0.2) is 66.4 Å². The molecule has 2 aromatic carbocycles. The minimum Gasteiger partial charge on any atom is -0.494 e. The Balaban J connectivity index is 0.943. The third kappa shape index (κ3) is 7.02. The third-order valence-corrected chi connectivity index (χ3v) is 10.6. The fourth-order valence-corrected chi connectivity index (χ4v) is 9.06. The molecule has 46 heavy (non-hydrogen) atoms. The predicted molar refractivity (Wildman–Crippen MR) is 181 cm³/mol. The maximum absolute atomic E-state index is 13.0. The van der Waals surface area contributed by atoms with Crippen molar-refractivity contribution in [1.82, 2.24) is 20.4 Å². The summed E-state index contributed by atoms with van der Waals surface area (Å²) in [5, 5.41) is 12.1. The van der Waals surface area contributed by atoms with Crippen LogP contribution in [-0.2, 0) is 6.54 Å². The summed E-state index contributed by atoms with van der Waals surface area (Å²) in [6, 6.07) is 18.6. The quantitative estimate of drug-likeness (QED) is 0.258. The first-order valence-electron chi connectivity index (χ1n) is 17.5. The Morgan fingerprint density at radius 3 is 2.26 bits per heavy atom. The highest BCUT2D eigenvalue weighted by molar-refractivity contribution is 5.92. The summed E-state index contributed by atoms with van der Waals surface area (Å²) in [5.41, 5.74) is 4.21. The molecule has 4 bridgehead atoms. The van der Waals surface area contributed by atoms with E-state index < -0.39 is 0 Å². The van der Waals surface area contributed by atoms with Crippen molar-refractivity contribution >= 4 is 11.7 Å². The van der Waals surface area contributed by atoms with Gasteiger partial charge in [0.15, 0.2) is 11.5 Å². The number of carbonyl (C=O) groups is 1. The first kappa shape index (κ1) is 31.0. The van der Waals surface area contributed by atoms with Crippen LogP contribution in [0.3, 0.4) is 0 Å². The topological polar surface area (TPSA) is 79.8 Å². The molecule has 244 valence electrons. The van der Waals surface area contributed by atoms with Crippen LogP contribution in [0.4, 0.5) is 5.82 Å². The van der Waals surface area contributed by atoms with Gasteiger partial charge in [0.05, 0.1) is 12.7 Å². The molecule has 2 heterocycles. The number of hydrogen-bond acceptors (Lipinski definition) is 7. The summed E-state index contributed by atoms with van der Waals surface area (Å²) < 4.78 is 11.9. The van der Waals surface area contributed by atoms with Crippen molar-refractivity contribution in [3.05, 3.63) is 65.9 Å². The van der Waals surface area contributed by atoms with Crippen molar-refractivity contribution in [2.24, 2.45) is 23.2 Å². The highest BCUT2D eigenvalue weighted by Crippen LogP contribution is 2.59. The molecule has 1 aliphatic heterocycles. The Labute approximate surface area is 273 Å². The van der Waals surface area contributed by atoms with E-state index in [1.54, 1.807) is 0 Å². The second-order valence-corrected chi connectivity index (χ2v) is 14.6. The molecule has 8 heteroatoms. The van der Waals surface area contributed by atoms with Gasteiger partial charge in [-0.05, 0) is 142 Å². The van der Waals surface area contributed by atoms with Crippen molar-refractivity contribution in [2.75, 3.05) is 44.2 Å². The minimum atomic E-state index is -0.0905. The average Bonchev–Trinajstić information content (AvgIpc) is 3.03. The smallest absolute Gasteiger partial charge is 0.271 e. The van der Waals surface area contributed by atoms with Crippen molar-refractivity contribution in [3.8, 4) is 22.6 Å². The molecule has 1 amide bonds. The van der Waals surface area contributed by atoms with E-state index in [9.17, 15) is 4.79 Å². The summed E-state index contributed by atoms with van der Waals surface area (Å²) in [6.07, 6.45) is 8.21. The summed E-state index contributed by atoms with van der Waals surface area (Å²) in [7, 11) is 0. The van der Waals surface area contributed by atoms with Crippen LogP contribution in [0.15, 0.2) is 54.6 Å². The van der Waals surface area contributed by atoms with Gasteiger partial charge in [-0.1, -0.05) is 12.1 Å². The largest absolute Gasteiger partial charge is 0.494 e. The van der Waals surface area contributed by atoms with Crippen LogP contribution in [0.25, 0.3) is 11.1 Å². The number of aromatic nitrogens is 2. The van der Waals surface area contributed by atoms with Crippen LogP contribution < -0.4 is 19.7 Å². The number of hydrogen-bond donors (Lipinski definition) is 1. The van der Waals surface area contributed by atoms with Crippen molar-refractivity contribution < 1.29 is 14.3 Å². The van der Waals surface area contributed by atoms with E-state index in [0.717, 1.165) is 85.5 Å². The lowest BCUT2D eigenvalue weighted by molar-refractivity contribution is -0.0503. The molecule has 8 rings (SSSR count). The van der Waals surface area contributed by atoms with Crippen LogP contribution >= 0.6 is 0 Å². The standard InChI is InChI=1S/C38H49N5O3/c1-4-45-33-7-5-6-31(19-33)32-17-30(18-34(20-32)46-26(2)3)24-42-10-12-43(13-11-42)36-9-8-35(40-41-36)37(44)39-25-38-21-27-14-28(22-38)16-29(15-27)23-38/h5-9,17-20,26-29H,4,10-16,21-25H2,1-3H3,(H,39,44). The molecule has 4 saturated carbocycles. The molecule has 1 saturated heterocycles. The lowest BCUT2D eigenvalue weighted by Gasteiger charge is -2.56. The molecule has 4 aliphatic carbocycles. The molecule has 8 nitrogen and oxygen atoms in total. The van der Waals surface area contributed by atoms with Crippen molar-refractivity contribution in [3.63, 3.8) is 0 Å². The Hall–Kier alpha value is -3.65. The second-order valence-electron chi connectivity index (χ2n) is 14.6. The number of piperazine rings is 1. The SMILES string of the molecule is CCOc1cccc(-c2cc(CN3CCN(c4ccc(C(=O)NCC56CC7CC(CC(C7)C5)C6)nn4)CC3)cc(OC(C)C)c2)c1. The van der Waals surface area contributed by atoms with E-state index in [2.05, 4.69) is 69.5 Å². The van der Waals surface area contributed by atoms with E-state index in [1.165, 1.54) is 44.1 Å². The first-order valence-corrected chi connectivity index (χ1v) is 17.5. The number of benzene rings is 2. The fourth-order valence-electron chi connectivity index (χ4n) is 9.06. The lowest BCUT2D eigenvalue weighted by Crippen LogP contribution is -2.51. The van der Waals surface area contributed by atoms with Gasteiger partial charge in [0.1, 0.15) is 11.5 Å². The first-order chi connectivity index (χ1) is 22.3. The normalized spacial score (nSPS) is 25.6. The predicted octanol–water partition coefficient (Wildman–Crippen LogP) is 6.60. The Kier molecular flexibility index (Phi) is 8.90. The molecule has 3 aromatic rings. The molecular weight excluding hydrogens is 574 g/mol. The summed E-state index contributed by atoms with van der Waals surface area (Å²) in [4.78, 5) is 17.8. The number of rotatable bonds is 11. The number of nitrogens with one attached hydrogen (secondary N) is 1. The third-order valence-electron chi connectivity index (χ3n) is 10.6. The molecule has 0 radical (unpaired) electrons. The van der Waals surface area contributed by atoms with Crippen LogP contribution in [0.5, 0.6) is 11.5 Å². The molecule has 5 fully saturated rings. The van der Waals surface area contributed by atoms with E-state index >= 15 is 0 Å². The summed E-state index contributed by atoms with van der Waals surface area (Å²) in [6.45, 7) is 12.0. The van der Waals surface area contributed by atoms with E-state index in [0.29, 0.717) is 17.7 Å². The maximum atomic E-state index is 13.0. The van der Waals surface area contributed by atoms with E-state index in [1.807, 2.05) is 31.2 Å². The summed E-state index contributed by atoms with van der Waals surface area (Å²) >= 11 is 0. The second kappa shape index (κ2) is 13.2. The Morgan fingerprint density at radius 2 is 1.61 bits per heavy atom. The Morgan fingerprint density at radius 1 is 0.891 bits per heavy atom. The van der Waals surface area contributed by atoms with Gasteiger partial charge in [-0.15, -0.1) is 10.2 Å². The van der Waals surface area contributed by atoms with Gasteiger partial charge in [0.2, 0.25) is 0 Å². The summed E-state index contributed by atoms with van der Waals surface area (Å²) in [5.74, 6) is 5.16. The monoisotopic (exact) mass is 623 g/mol. The molecule has 0 atom stereocenters. The molecule has 1 aromatic heterocycles. The molecule has 0 unspecified atom stereocenters. The highest BCUT2D eigenvalue weighted by atomic mass is 16.5. The number of ether oxygens (including phenoxy) is 2.